The van der Waals surface area contributed by atoms with Gasteiger partial charge in [0.15, 0.2) is 5.78 Å². The summed E-state index contributed by atoms with van der Waals surface area (Å²) in [5, 5.41) is 8.66. The quantitative estimate of drug-likeness (QED) is 0.249. The molecule has 0 spiro atoms. The van der Waals surface area contributed by atoms with Gasteiger partial charge in [0.05, 0.1) is 12.2 Å². The van der Waals surface area contributed by atoms with Crippen molar-refractivity contribution in [1.82, 2.24) is 4.90 Å². The third-order valence-corrected chi connectivity index (χ3v) is 3.81. The molecular formula is C20H30F3NO10S. The second-order valence-corrected chi connectivity index (χ2v) is 8.03. The average molecular weight is 534 g/mol. The molecule has 0 bridgehead atoms. The molecule has 11 nitrogen and oxygen atoms in total. The summed E-state index contributed by atoms with van der Waals surface area (Å²) in [6.45, 7) is 6.50. The normalized spacial score (nSPS) is 11.1. The second-order valence-electron chi connectivity index (χ2n) is 6.62. The lowest BCUT2D eigenvalue weighted by atomic mass is 10.1. The van der Waals surface area contributed by atoms with Gasteiger partial charge in [-0.25, -0.2) is 4.79 Å². The van der Waals surface area contributed by atoms with Gasteiger partial charge in [-0.3, -0.25) is 18.9 Å². The van der Waals surface area contributed by atoms with Crippen LogP contribution in [0.3, 0.4) is 0 Å². The highest BCUT2D eigenvalue weighted by Gasteiger charge is 2.44. The van der Waals surface area contributed by atoms with E-state index in [0.717, 1.165) is 0 Å². The van der Waals surface area contributed by atoms with Crippen LogP contribution in [-0.4, -0.2) is 86.0 Å². The van der Waals surface area contributed by atoms with Crippen LogP contribution in [0.2, 0.25) is 0 Å². The molecule has 1 unspecified atom stereocenters. The van der Waals surface area contributed by atoms with Crippen LogP contribution in [-0.2, 0) is 29.2 Å². The van der Waals surface area contributed by atoms with E-state index in [9.17, 15) is 32.3 Å². The summed E-state index contributed by atoms with van der Waals surface area (Å²) in [4.78, 5) is 43.3. The fourth-order valence-corrected chi connectivity index (χ4v) is 1.53. The van der Waals surface area contributed by atoms with E-state index in [4.69, 9.17) is 27.6 Å². The Kier molecular flexibility index (Phi) is 18.2. The highest BCUT2D eigenvalue weighted by molar-refractivity contribution is 7.86. The van der Waals surface area contributed by atoms with Gasteiger partial charge >= 0.3 is 27.6 Å². The smallest absolute Gasteiger partial charge is 0.478 e. The largest absolute Gasteiger partial charge is 0.522 e. The van der Waals surface area contributed by atoms with Crippen LogP contribution in [0.25, 0.3) is 0 Å². The minimum absolute atomic E-state index is 0.0602. The number of nitrogens with zero attached hydrogens (tertiary/aromatic N) is 1. The van der Waals surface area contributed by atoms with Gasteiger partial charge < -0.3 is 19.5 Å². The lowest BCUT2D eigenvalue weighted by Gasteiger charge is -2.08. The molecule has 35 heavy (non-hydrogen) atoms. The summed E-state index contributed by atoms with van der Waals surface area (Å²) in [6, 6.07) is 6.16. The van der Waals surface area contributed by atoms with E-state index < -0.39 is 21.6 Å². The van der Waals surface area contributed by atoms with E-state index >= 15 is 0 Å². The number of ketones is 1. The number of amides is 1. The van der Waals surface area contributed by atoms with Gasteiger partial charge in [0.1, 0.15) is 6.10 Å². The number of Topliss-reactive ketones (excluding diaryl/α,β-unsaturated/α-hetero) is 1. The fourth-order valence-electron chi connectivity index (χ4n) is 1.53. The zero-order chi connectivity index (χ0) is 28.6. The Bertz CT molecular complexity index is 898. The van der Waals surface area contributed by atoms with Gasteiger partial charge in [-0.1, -0.05) is 18.2 Å². The summed E-state index contributed by atoms with van der Waals surface area (Å²) in [5.74, 6) is -1.47. The molecule has 0 aliphatic carbocycles. The molecule has 2 N–H and O–H groups in total. The van der Waals surface area contributed by atoms with Crippen LogP contribution < -0.4 is 0 Å². The predicted molar refractivity (Wildman–Crippen MR) is 118 cm³/mol. The lowest BCUT2D eigenvalue weighted by molar-refractivity contribution is -0.147. The minimum Gasteiger partial charge on any atom is -0.478 e. The van der Waals surface area contributed by atoms with Crippen molar-refractivity contribution < 1.29 is 59.9 Å². The number of carboxylic acid groups (broad SMARTS) is 1. The maximum atomic E-state index is 10.9. The Labute approximate surface area is 201 Å². The Hall–Kier alpha value is -3.04. The first-order chi connectivity index (χ1) is 15.7. The summed E-state index contributed by atoms with van der Waals surface area (Å²) < 4.78 is 67.0. The first-order valence-electron chi connectivity index (χ1n) is 9.39. The second kappa shape index (κ2) is 17.4. The van der Waals surface area contributed by atoms with E-state index in [1.807, 2.05) is 0 Å². The van der Waals surface area contributed by atoms with Crippen LogP contribution >= 0.6 is 0 Å². The van der Waals surface area contributed by atoms with Gasteiger partial charge in [0.2, 0.25) is 5.91 Å². The molecule has 0 fully saturated rings. The highest BCUT2D eigenvalue weighted by atomic mass is 32.2. The summed E-state index contributed by atoms with van der Waals surface area (Å²) >= 11 is 0. The Balaban J connectivity index is -0.000000404. The highest BCUT2D eigenvalue weighted by Crippen LogP contribution is 2.20. The van der Waals surface area contributed by atoms with E-state index in [1.165, 1.54) is 37.8 Å². The van der Waals surface area contributed by atoms with Crippen molar-refractivity contribution in [2.24, 2.45) is 0 Å². The van der Waals surface area contributed by atoms with Crippen molar-refractivity contribution >= 4 is 33.7 Å². The van der Waals surface area contributed by atoms with E-state index in [0.29, 0.717) is 6.61 Å². The average Bonchev–Trinajstić information content (AvgIpc) is 2.67. The van der Waals surface area contributed by atoms with Crippen molar-refractivity contribution in [3.05, 3.63) is 35.4 Å². The molecule has 1 atom stereocenters. The van der Waals surface area contributed by atoms with Crippen LogP contribution in [0, 0.1) is 0 Å². The standard InChI is InChI=1S/C9H8O3.C6H12O3.C4H9NO.CHF3O3S/c1-6(10)7-4-2-3-5-8(7)9(11)12;1-5(4-8-3)9-6(2)7;1-4(6)5(2)3;2-1(3,4)8(5,6)7/h2-5H,1H3,(H,11,12);5H,4H2,1-3H3;1-3H3;(H,5,6,7). The maximum Gasteiger partial charge on any atom is 0.522 e. The molecule has 1 aromatic carbocycles. The molecule has 0 saturated carbocycles. The molecule has 0 aromatic heterocycles. The molecule has 0 radical (unpaired) electrons. The maximum absolute atomic E-state index is 10.9. The number of alkyl halides is 3. The Morgan fingerprint density at radius 3 is 1.60 bits per heavy atom. The molecule has 1 rings (SSSR count). The Morgan fingerprint density at radius 2 is 1.40 bits per heavy atom. The van der Waals surface area contributed by atoms with E-state index in [-0.39, 0.29) is 34.9 Å². The van der Waals surface area contributed by atoms with E-state index in [2.05, 4.69) is 0 Å². The van der Waals surface area contributed by atoms with Crippen molar-refractivity contribution in [2.45, 2.75) is 39.3 Å². The van der Waals surface area contributed by atoms with Gasteiger partial charge in [0, 0.05) is 40.6 Å². The number of esters is 1. The summed E-state index contributed by atoms with van der Waals surface area (Å²) in [7, 11) is -0.822. The number of carbonyl (C=O) groups is 4. The van der Waals surface area contributed by atoms with Crippen LogP contribution in [0.15, 0.2) is 24.3 Å². The number of ether oxygens (including phenoxy) is 2. The van der Waals surface area contributed by atoms with Gasteiger partial charge in [-0.2, -0.15) is 21.6 Å². The molecule has 0 saturated heterocycles. The molecule has 15 heteroatoms. The van der Waals surface area contributed by atoms with Gasteiger partial charge in [-0.05, 0) is 19.9 Å². The molecule has 1 amide bonds. The van der Waals surface area contributed by atoms with Crippen LogP contribution in [0.4, 0.5) is 13.2 Å². The monoisotopic (exact) mass is 533 g/mol. The number of carboxylic acids is 1. The number of aromatic carboxylic acids is 1. The van der Waals surface area contributed by atoms with Crippen molar-refractivity contribution in [3.63, 3.8) is 0 Å². The third kappa shape index (κ3) is 20.1. The molecular weight excluding hydrogens is 503 g/mol. The first-order valence-corrected chi connectivity index (χ1v) is 10.8. The first kappa shape index (κ1) is 36.5. The van der Waals surface area contributed by atoms with Gasteiger partial charge in [-0.15, -0.1) is 0 Å². The number of carbonyl (C=O) groups excluding carboxylic acids is 3. The molecule has 202 valence electrons. The lowest BCUT2D eigenvalue weighted by Crippen LogP contribution is -2.21. The SMILES string of the molecule is CC(=O)N(C)C.CC(=O)c1ccccc1C(=O)O.COCC(C)OC(C)=O.O=S(=O)(O)C(F)(F)F. The predicted octanol–water partition coefficient (Wildman–Crippen LogP) is 2.66. The zero-order valence-corrected chi connectivity index (χ0v) is 21.1. The van der Waals surface area contributed by atoms with Crippen LogP contribution in [0.1, 0.15) is 48.4 Å². The van der Waals surface area contributed by atoms with Crippen LogP contribution in [0.5, 0.6) is 0 Å². The summed E-state index contributed by atoms with van der Waals surface area (Å²) in [5.41, 5.74) is -5.22. The number of benzene rings is 1. The number of rotatable bonds is 5. The molecule has 1 aromatic rings. The van der Waals surface area contributed by atoms with Gasteiger partial charge in [0.25, 0.3) is 0 Å². The topological polar surface area (TPSA) is 165 Å². The third-order valence-electron chi connectivity index (χ3n) is 3.23. The number of hydrogen-bond donors (Lipinski definition) is 2. The summed E-state index contributed by atoms with van der Waals surface area (Å²) in [6.07, 6.45) is -0.132. The zero-order valence-electron chi connectivity index (χ0n) is 20.2. The fraction of sp³-hybridized carbons (Fsp3) is 0.500. The Morgan fingerprint density at radius 1 is 1.03 bits per heavy atom. The number of hydrogen-bond acceptors (Lipinski definition) is 8. The van der Waals surface area contributed by atoms with Crippen molar-refractivity contribution in [1.29, 1.82) is 0 Å². The number of methoxy groups -OCH3 is 1. The molecule has 0 aliphatic rings. The minimum atomic E-state index is -5.84. The molecule has 0 heterocycles. The molecule has 0 aliphatic heterocycles. The van der Waals surface area contributed by atoms with Crippen molar-refractivity contribution in [3.8, 4) is 0 Å². The van der Waals surface area contributed by atoms with E-state index in [1.54, 1.807) is 40.3 Å². The number of halogens is 3. The van der Waals surface area contributed by atoms with Crippen molar-refractivity contribution in [2.75, 3.05) is 27.8 Å².